The fourth-order valence-electron chi connectivity index (χ4n) is 3.71. The van der Waals surface area contributed by atoms with Crippen LogP contribution in [-0.4, -0.2) is 58.2 Å². The van der Waals surface area contributed by atoms with Gasteiger partial charge in [0.05, 0.1) is 12.5 Å². The van der Waals surface area contributed by atoms with Crippen molar-refractivity contribution >= 4 is 41.6 Å². The van der Waals surface area contributed by atoms with Gasteiger partial charge in [0.2, 0.25) is 17.7 Å². The summed E-state index contributed by atoms with van der Waals surface area (Å²) in [7, 11) is 0. The van der Waals surface area contributed by atoms with E-state index < -0.39 is 60.5 Å². The average Bonchev–Trinajstić information content (AvgIpc) is 2.89. The van der Waals surface area contributed by atoms with Crippen molar-refractivity contribution in [2.45, 2.75) is 51.6 Å². The van der Waals surface area contributed by atoms with E-state index in [-0.39, 0.29) is 25.0 Å². The van der Waals surface area contributed by atoms with E-state index >= 15 is 0 Å². The van der Waals surface area contributed by atoms with Crippen molar-refractivity contribution < 1.29 is 43.7 Å². The molecule has 40 heavy (non-hydrogen) atoms. The minimum atomic E-state index is -1.36. The molecule has 3 atom stereocenters. The molecule has 3 unspecified atom stereocenters. The van der Waals surface area contributed by atoms with Gasteiger partial charge in [-0.25, -0.2) is 0 Å². The number of hydrogen-bond donors (Lipinski definition) is 5. The van der Waals surface area contributed by atoms with E-state index in [2.05, 4.69) is 16.0 Å². The second-order valence-electron chi connectivity index (χ2n) is 9.46. The summed E-state index contributed by atoms with van der Waals surface area (Å²) in [4.78, 5) is 72.5. The van der Waals surface area contributed by atoms with E-state index in [0.29, 0.717) is 17.2 Å². The SMILES string of the molecule is CC(C)CC(C(=O)NC(C=O)CC(=O)O)C(=O)NC(CCC(=O)O)C(=O)Nc1cccc(Oc2ccccc2)c1. The largest absolute Gasteiger partial charge is 0.481 e. The number of aliphatic carboxylic acids is 2. The van der Waals surface area contributed by atoms with Gasteiger partial charge in [-0.3, -0.25) is 24.0 Å². The molecule has 0 aromatic heterocycles. The van der Waals surface area contributed by atoms with Gasteiger partial charge in [0.1, 0.15) is 29.7 Å². The highest BCUT2D eigenvalue weighted by Gasteiger charge is 2.32. The molecule has 0 saturated heterocycles. The molecule has 2 aromatic rings. The minimum Gasteiger partial charge on any atom is -0.481 e. The van der Waals surface area contributed by atoms with Crippen LogP contribution in [0.15, 0.2) is 54.6 Å². The van der Waals surface area contributed by atoms with Crippen molar-refractivity contribution in [3.63, 3.8) is 0 Å². The fourth-order valence-corrected chi connectivity index (χ4v) is 3.71. The van der Waals surface area contributed by atoms with Gasteiger partial charge in [-0.2, -0.15) is 0 Å². The molecule has 0 radical (unpaired) electrons. The Morgan fingerprint density at radius 1 is 0.850 bits per heavy atom. The molecular formula is C28H33N3O9. The fraction of sp³-hybridized carbons (Fsp3) is 0.357. The first kappa shape index (κ1) is 31.5. The third-order valence-corrected chi connectivity index (χ3v) is 5.59. The van der Waals surface area contributed by atoms with Gasteiger partial charge in [-0.05, 0) is 43.0 Å². The summed E-state index contributed by atoms with van der Waals surface area (Å²) >= 11 is 0. The number of ether oxygens (including phenoxy) is 1. The van der Waals surface area contributed by atoms with Crippen LogP contribution in [0.4, 0.5) is 5.69 Å². The van der Waals surface area contributed by atoms with E-state index in [1.807, 2.05) is 6.07 Å². The van der Waals surface area contributed by atoms with E-state index in [1.165, 1.54) is 0 Å². The summed E-state index contributed by atoms with van der Waals surface area (Å²) in [6.07, 6.45) is -1.08. The Labute approximate surface area is 231 Å². The monoisotopic (exact) mass is 555 g/mol. The van der Waals surface area contributed by atoms with Crippen molar-refractivity contribution in [3.05, 3.63) is 54.6 Å². The van der Waals surface area contributed by atoms with Gasteiger partial charge < -0.3 is 35.7 Å². The van der Waals surface area contributed by atoms with E-state index in [4.69, 9.17) is 14.9 Å². The molecule has 0 aliphatic carbocycles. The number of carboxylic acids is 2. The molecule has 5 N–H and O–H groups in total. The Kier molecular flexibility index (Phi) is 12.3. The van der Waals surface area contributed by atoms with Crippen molar-refractivity contribution in [2.75, 3.05) is 5.32 Å². The van der Waals surface area contributed by atoms with Gasteiger partial charge in [0.15, 0.2) is 0 Å². The summed E-state index contributed by atoms with van der Waals surface area (Å²) in [6, 6.07) is 12.7. The second-order valence-corrected chi connectivity index (χ2v) is 9.46. The molecule has 12 heteroatoms. The van der Waals surface area contributed by atoms with Crippen LogP contribution >= 0.6 is 0 Å². The van der Waals surface area contributed by atoms with Crippen molar-refractivity contribution in [2.24, 2.45) is 11.8 Å². The maximum absolute atomic E-state index is 13.2. The summed E-state index contributed by atoms with van der Waals surface area (Å²) in [6.45, 7) is 3.50. The Bertz CT molecular complexity index is 1200. The first-order valence-electron chi connectivity index (χ1n) is 12.6. The van der Waals surface area contributed by atoms with Crippen molar-refractivity contribution in [1.82, 2.24) is 10.6 Å². The Hall–Kier alpha value is -4.74. The molecule has 2 rings (SSSR count). The highest BCUT2D eigenvalue weighted by molar-refractivity contribution is 6.04. The lowest BCUT2D eigenvalue weighted by Gasteiger charge is -2.24. The van der Waals surface area contributed by atoms with Crippen LogP contribution in [0.25, 0.3) is 0 Å². The van der Waals surface area contributed by atoms with Gasteiger partial charge >= 0.3 is 11.9 Å². The molecule has 214 valence electrons. The normalized spacial score (nSPS) is 12.9. The zero-order valence-electron chi connectivity index (χ0n) is 22.2. The molecule has 0 saturated carbocycles. The molecule has 0 aliphatic heterocycles. The van der Waals surface area contributed by atoms with E-state index in [0.717, 1.165) is 0 Å². The van der Waals surface area contributed by atoms with Gasteiger partial charge in [-0.15, -0.1) is 0 Å². The van der Waals surface area contributed by atoms with E-state index in [1.54, 1.807) is 62.4 Å². The lowest BCUT2D eigenvalue weighted by molar-refractivity contribution is -0.141. The summed E-state index contributed by atoms with van der Waals surface area (Å²) in [5, 5.41) is 25.4. The molecule has 0 aliphatic rings. The molecule has 12 nitrogen and oxygen atoms in total. The smallest absolute Gasteiger partial charge is 0.305 e. The molecule has 3 amide bonds. The van der Waals surface area contributed by atoms with Crippen LogP contribution in [-0.2, 0) is 28.8 Å². The van der Waals surface area contributed by atoms with Crippen molar-refractivity contribution in [3.8, 4) is 11.5 Å². The molecule has 2 aromatic carbocycles. The zero-order valence-corrected chi connectivity index (χ0v) is 22.2. The van der Waals surface area contributed by atoms with Crippen LogP contribution in [0.3, 0.4) is 0 Å². The summed E-state index contributed by atoms with van der Waals surface area (Å²) < 4.78 is 5.76. The second kappa shape index (κ2) is 15.6. The molecular weight excluding hydrogens is 522 g/mol. The highest BCUT2D eigenvalue weighted by atomic mass is 16.5. The number of para-hydroxylation sites is 1. The lowest BCUT2D eigenvalue weighted by Crippen LogP contribution is -2.51. The predicted octanol–water partition coefficient (Wildman–Crippen LogP) is 2.59. The third kappa shape index (κ3) is 10.9. The minimum absolute atomic E-state index is 0.0302. The number of rotatable bonds is 16. The number of carbonyl (C=O) groups excluding carboxylic acids is 4. The lowest BCUT2D eigenvalue weighted by atomic mass is 9.94. The van der Waals surface area contributed by atoms with Crippen LogP contribution in [0.1, 0.15) is 39.5 Å². The highest BCUT2D eigenvalue weighted by Crippen LogP contribution is 2.24. The first-order chi connectivity index (χ1) is 19.0. The number of benzene rings is 2. The van der Waals surface area contributed by atoms with Crippen LogP contribution < -0.4 is 20.7 Å². The number of aldehydes is 1. The molecule has 0 bridgehead atoms. The topological polar surface area (TPSA) is 188 Å². The maximum atomic E-state index is 13.2. The van der Waals surface area contributed by atoms with Gasteiger partial charge in [0, 0.05) is 18.2 Å². The van der Waals surface area contributed by atoms with Crippen LogP contribution in [0.5, 0.6) is 11.5 Å². The summed E-state index contributed by atoms with van der Waals surface area (Å²) in [5.41, 5.74) is 0.326. The molecule has 0 heterocycles. The standard InChI is InChI=1S/C28H33N3O9/c1-17(2)13-22(26(37)30-19(16-32)15-25(35)36)27(38)31-23(11-12-24(33)34)28(39)29-18-7-6-10-21(14-18)40-20-8-4-3-5-9-20/h3-10,14,16-17,19,22-23H,11-13,15H2,1-2H3,(H,29,39)(H,30,37)(H,31,38)(H,33,34)(H,35,36). The number of anilines is 1. The number of nitrogens with one attached hydrogen (secondary N) is 3. The van der Waals surface area contributed by atoms with Crippen molar-refractivity contribution in [1.29, 1.82) is 0 Å². The quantitative estimate of drug-likeness (QED) is 0.153. The van der Waals surface area contributed by atoms with Gasteiger partial charge in [-0.1, -0.05) is 38.1 Å². The molecule has 0 spiro atoms. The zero-order chi connectivity index (χ0) is 29.7. The van der Waals surface area contributed by atoms with Gasteiger partial charge in [0.25, 0.3) is 0 Å². The maximum Gasteiger partial charge on any atom is 0.305 e. The van der Waals surface area contributed by atoms with Crippen LogP contribution in [0, 0.1) is 11.8 Å². The number of hydrogen-bond acceptors (Lipinski definition) is 7. The Balaban J connectivity index is 2.19. The van der Waals surface area contributed by atoms with E-state index in [9.17, 15) is 28.8 Å². The average molecular weight is 556 g/mol. The predicted molar refractivity (Wildman–Crippen MR) is 144 cm³/mol. The Morgan fingerprint density at radius 2 is 1.50 bits per heavy atom. The number of amides is 3. The first-order valence-corrected chi connectivity index (χ1v) is 12.6. The number of carbonyl (C=O) groups is 6. The number of carboxylic acid groups (broad SMARTS) is 2. The Morgan fingerprint density at radius 3 is 2.10 bits per heavy atom. The summed E-state index contributed by atoms with van der Waals surface area (Å²) in [5.74, 6) is -5.48. The molecule has 0 fully saturated rings. The van der Waals surface area contributed by atoms with Crippen LogP contribution in [0.2, 0.25) is 0 Å². The third-order valence-electron chi connectivity index (χ3n) is 5.59.